The van der Waals surface area contributed by atoms with Crippen molar-refractivity contribution in [1.29, 1.82) is 0 Å². The summed E-state index contributed by atoms with van der Waals surface area (Å²) in [6.45, 7) is 6.63. The molecule has 0 aromatic heterocycles. The van der Waals surface area contributed by atoms with Crippen LogP contribution in [0.5, 0.6) is 0 Å². The zero-order valence-corrected chi connectivity index (χ0v) is 12.2. The molecule has 0 saturated heterocycles. The summed E-state index contributed by atoms with van der Waals surface area (Å²) >= 11 is 0. The Morgan fingerprint density at radius 3 is 2.53 bits per heavy atom. The van der Waals surface area contributed by atoms with Gasteiger partial charge in [0, 0.05) is 13.2 Å². The Bertz CT molecular complexity index is 215. The van der Waals surface area contributed by atoms with Crippen LogP contribution in [0.4, 0.5) is 0 Å². The van der Waals surface area contributed by atoms with Crippen LogP contribution in [0.1, 0.15) is 65.7 Å². The zero-order valence-electron chi connectivity index (χ0n) is 12.2. The van der Waals surface area contributed by atoms with Gasteiger partial charge in [-0.05, 0) is 57.8 Å². The molecule has 1 saturated carbocycles. The summed E-state index contributed by atoms with van der Waals surface area (Å²) in [5, 5.41) is 0. The Labute approximate surface area is 107 Å². The van der Waals surface area contributed by atoms with Crippen LogP contribution in [-0.4, -0.2) is 18.8 Å². The first kappa shape index (κ1) is 15.0. The molecule has 0 spiro atoms. The van der Waals surface area contributed by atoms with E-state index in [1.54, 1.807) is 7.11 Å². The number of ether oxygens (including phenoxy) is 1. The molecule has 0 radical (unpaired) electrons. The van der Waals surface area contributed by atoms with Gasteiger partial charge in [0.25, 0.3) is 0 Å². The Hall–Kier alpha value is -0.0800. The third-order valence-electron chi connectivity index (χ3n) is 4.52. The molecule has 2 N–H and O–H groups in total. The summed E-state index contributed by atoms with van der Waals surface area (Å²) in [6, 6.07) is 0.427. The molecule has 102 valence electrons. The zero-order chi connectivity index (χ0) is 12.9. The maximum Gasteiger partial charge on any atom is 0.0622 e. The first-order chi connectivity index (χ1) is 7.98. The van der Waals surface area contributed by atoms with Gasteiger partial charge < -0.3 is 10.5 Å². The molecule has 1 fully saturated rings. The van der Waals surface area contributed by atoms with Crippen LogP contribution in [0.2, 0.25) is 0 Å². The third-order valence-corrected chi connectivity index (χ3v) is 4.52. The molecule has 2 nitrogen and oxygen atoms in total. The summed E-state index contributed by atoms with van der Waals surface area (Å²) in [5.74, 6) is 1.64. The molecular formula is C15H31NO. The van der Waals surface area contributed by atoms with Crippen molar-refractivity contribution in [2.75, 3.05) is 7.11 Å². The molecule has 0 bridgehead atoms. The predicted molar refractivity (Wildman–Crippen MR) is 74.0 cm³/mol. The summed E-state index contributed by atoms with van der Waals surface area (Å²) in [7, 11) is 1.81. The minimum Gasteiger partial charge on any atom is -0.379 e. The fourth-order valence-electron chi connectivity index (χ4n) is 3.02. The van der Waals surface area contributed by atoms with E-state index in [1.165, 1.54) is 38.5 Å². The summed E-state index contributed by atoms with van der Waals surface area (Å²) < 4.78 is 5.50. The first-order valence-electron chi connectivity index (χ1n) is 7.29. The van der Waals surface area contributed by atoms with Gasteiger partial charge >= 0.3 is 0 Å². The fourth-order valence-corrected chi connectivity index (χ4v) is 3.02. The largest absolute Gasteiger partial charge is 0.379 e. The van der Waals surface area contributed by atoms with Gasteiger partial charge in [0.15, 0.2) is 0 Å². The highest BCUT2D eigenvalue weighted by molar-refractivity contribution is 4.84. The average Bonchev–Trinajstić information content (AvgIpc) is 2.30. The molecule has 17 heavy (non-hydrogen) atoms. The Morgan fingerprint density at radius 1 is 1.24 bits per heavy atom. The summed E-state index contributed by atoms with van der Waals surface area (Å²) in [6.07, 6.45) is 8.97. The smallest absolute Gasteiger partial charge is 0.0622 e. The maximum absolute atomic E-state index is 6.27. The van der Waals surface area contributed by atoms with Crippen molar-refractivity contribution < 1.29 is 4.74 Å². The monoisotopic (exact) mass is 241 g/mol. The van der Waals surface area contributed by atoms with Gasteiger partial charge in [0.1, 0.15) is 0 Å². The van der Waals surface area contributed by atoms with Gasteiger partial charge in [-0.25, -0.2) is 0 Å². The van der Waals surface area contributed by atoms with Crippen LogP contribution < -0.4 is 5.73 Å². The van der Waals surface area contributed by atoms with E-state index in [1.807, 2.05) is 0 Å². The van der Waals surface area contributed by atoms with Gasteiger partial charge in [-0.15, -0.1) is 0 Å². The van der Waals surface area contributed by atoms with E-state index < -0.39 is 0 Å². The lowest BCUT2D eigenvalue weighted by Gasteiger charge is -2.36. The second kappa shape index (κ2) is 6.75. The highest BCUT2D eigenvalue weighted by atomic mass is 16.5. The average molecular weight is 241 g/mol. The molecule has 0 aromatic carbocycles. The van der Waals surface area contributed by atoms with Crippen molar-refractivity contribution >= 4 is 0 Å². The van der Waals surface area contributed by atoms with Crippen LogP contribution in [0, 0.1) is 11.8 Å². The van der Waals surface area contributed by atoms with Gasteiger partial charge in [-0.2, -0.15) is 0 Å². The van der Waals surface area contributed by atoms with E-state index in [0.29, 0.717) is 6.04 Å². The lowest BCUT2D eigenvalue weighted by molar-refractivity contribution is 0.00703. The van der Waals surface area contributed by atoms with Crippen molar-refractivity contribution in [3.63, 3.8) is 0 Å². The van der Waals surface area contributed by atoms with E-state index in [0.717, 1.165) is 18.3 Å². The van der Waals surface area contributed by atoms with E-state index >= 15 is 0 Å². The Kier molecular flexibility index (Phi) is 5.94. The normalized spacial score (nSPS) is 30.5. The molecule has 0 amide bonds. The van der Waals surface area contributed by atoms with Crippen LogP contribution in [0.3, 0.4) is 0 Å². The second-order valence-electron chi connectivity index (χ2n) is 6.39. The van der Waals surface area contributed by atoms with Gasteiger partial charge in [0.2, 0.25) is 0 Å². The SMILES string of the molecule is CCCC1CCC(N)C(CCC(C)(C)OC)C1. The summed E-state index contributed by atoms with van der Waals surface area (Å²) in [5.41, 5.74) is 6.28. The molecule has 3 atom stereocenters. The van der Waals surface area contributed by atoms with Crippen molar-refractivity contribution in [1.82, 2.24) is 0 Å². The van der Waals surface area contributed by atoms with Crippen molar-refractivity contribution in [3.05, 3.63) is 0 Å². The predicted octanol–water partition coefficient (Wildman–Crippen LogP) is 3.74. The minimum absolute atomic E-state index is 0.0113. The molecule has 0 aliphatic heterocycles. The number of hydrogen-bond acceptors (Lipinski definition) is 2. The molecule has 0 heterocycles. The maximum atomic E-state index is 6.27. The highest BCUT2D eigenvalue weighted by Crippen LogP contribution is 2.35. The van der Waals surface area contributed by atoms with E-state index in [2.05, 4.69) is 20.8 Å². The molecular weight excluding hydrogens is 210 g/mol. The molecule has 2 heteroatoms. The minimum atomic E-state index is 0.0113. The molecule has 1 rings (SSSR count). The van der Waals surface area contributed by atoms with Gasteiger partial charge in [-0.1, -0.05) is 19.8 Å². The van der Waals surface area contributed by atoms with E-state index in [-0.39, 0.29) is 5.60 Å². The second-order valence-corrected chi connectivity index (χ2v) is 6.39. The first-order valence-corrected chi connectivity index (χ1v) is 7.29. The topological polar surface area (TPSA) is 35.2 Å². The molecule has 3 unspecified atom stereocenters. The Balaban J connectivity index is 2.39. The van der Waals surface area contributed by atoms with Gasteiger partial charge in [0.05, 0.1) is 5.60 Å². The van der Waals surface area contributed by atoms with Gasteiger partial charge in [-0.3, -0.25) is 0 Å². The van der Waals surface area contributed by atoms with E-state index in [4.69, 9.17) is 10.5 Å². The number of rotatable bonds is 6. The molecule has 1 aliphatic rings. The third kappa shape index (κ3) is 4.97. The lowest BCUT2D eigenvalue weighted by Crippen LogP contribution is -2.37. The van der Waals surface area contributed by atoms with Crippen molar-refractivity contribution in [2.45, 2.75) is 77.4 Å². The molecule has 0 aromatic rings. The number of hydrogen-bond donors (Lipinski definition) is 1. The van der Waals surface area contributed by atoms with E-state index in [9.17, 15) is 0 Å². The fraction of sp³-hybridized carbons (Fsp3) is 1.00. The van der Waals surface area contributed by atoms with Crippen molar-refractivity contribution in [2.24, 2.45) is 17.6 Å². The van der Waals surface area contributed by atoms with Crippen molar-refractivity contribution in [3.8, 4) is 0 Å². The Morgan fingerprint density at radius 2 is 1.94 bits per heavy atom. The summed E-state index contributed by atoms with van der Waals surface area (Å²) in [4.78, 5) is 0. The number of nitrogens with two attached hydrogens (primary N) is 1. The standard InChI is InChI=1S/C15H31NO/c1-5-6-12-7-8-14(16)13(11-12)9-10-15(2,3)17-4/h12-14H,5-11,16H2,1-4H3. The van der Waals surface area contributed by atoms with Crippen LogP contribution >= 0.6 is 0 Å². The quantitative estimate of drug-likeness (QED) is 0.769. The number of methoxy groups -OCH3 is 1. The van der Waals surface area contributed by atoms with Crippen LogP contribution in [-0.2, 0) is 4.74 Å². The highest BCUT2D eigenvalue weighted by Gasteiger charge is 2.29. The van der Waals surface area contributed by atoms with Crippen LogP contribution in [0.25, 0.3) is 0 Å². The van der Waals surface area contributed by atoms with Crippen LogP contribution in [0.15, 0.2) is 0 Å². The molecule has 1 aliphatic carbocycles. The lowest BCUT2D eigenvalue weighted by atomic mass is 9.74.